The van der Waals surface area contributed by atoms with E-state index in [0.717, 1.165) is 9.37 Å². The van der Waals surface area contributed by atoms with E-state index in [1.807, 2.05) is 6.07 Å². The molecule has 1 saturated heterocycles. The number of carbonyl (C=O) groups excluding carboxylic acids is 2. The van der Waals surface area contributed by atoms with Crippen molar-refractivity contribution in [1.29, 1.82) is 0 Å². The smallest absolute Gasteiger partial charge is 0.325 e. The highest BCUT2D eigenvalue weighted by Gasteiger charge is 2.49. The fourth-order valence-corrected chi connectivity index (χ4v) is 3.23. The summed E-state index contributed by atoms with van der Waals surface area (Å²) in [5.41, 5.74) is -0.847. The Bertz CT molecular complexity index is 861. The third-order valence-electron chi connectivity index (χ3n) is 4.33. The zero-order valence-corrected chi connectivity index (χ0v) is 16.1. The Morgan fingerprint density at radius 1 is 1.26 bits per heavy atom. The Morgan fingerprint density at radius 2 is 1.96 bits per heavy atom. The minimum atomic E-state index is -1.31. The number of urea groups is 1. The molecule has 0 unspecified atom stereocenters. The van der Waals surface area contributed by atoms with E-state index in [1.165, 1.54) is 24.3 Å². The summed E-state index contributed by atoms with van der Waals surface area (Å²) in [6.07, 6.45) is -1.06. The molecule has 0 saturated carbocycles. The zero-order valence-electron chi connectivity index (χ0n) is 14.5. The van der Waals surface area contributed by atoms with Crippen LogP contribution < -0.4 is 10.1 Å². The van der Waals surface area contributed by atoms with Crippen molar-refractivity contribution in [2.24, 2.45) is 0 Å². The Labute approximate surface area is 164 Å². The van der Waals surface area contributed by atoms with Gasteiger partial charge in [-0.1, -0.05) is 34.1 Å². The number of amides is 3. The number of β-amino-alcohol motifs (C(OH)–C–C–N with tert-alkyl or cyclic N) is 1. The van der Waals surface area contributed by atoms with Gasteiger partial charge in [-0.3, -0.25) is 9.69 Å². The summed E-state index contributed by atoms with van der Waals surface area (Å²) in [7, 11) is 0. The highest BCUT2D eigenvalue weighted by Crippen LogP contribution is 2.29. The highest BCUT2D eigenvalue weighted by molar-refractivity contribution is 9.10. The standard InChI is InChI=1S/C19H18BrFN2O4/c1-19(12-5-7-14(21)8-6-12)17(25)23(18(26)22-19)10-15(24)11-27-16-4-2-3-13(20)9-16/h2-9,15,24H,10-11H2,1H3,(H,22,26)/t15-,19+/m0/s1. The fourth-order valence-electron chi connectivity index (χ4n) is 2.85. The molecule has 142 valence electrons. The summed E-state index contributed by atoms with van der Waals surface area (Å²) in [6.45, 7) is 1.25. The van der Waals surface area contributed by atoms with Gasteiger partial charge >= 0.3 is 6.03 Å². The molecule has 2 atom stereocenters. The van der Waals surface area contributed by atoms with Crippen LogP contribution in [0.4, 0.5) is 9.18 Å². The summed E-state index contributed by atoms with van der Waals surface area (Å²) in [5.74, 6) is -0.395. The molecular weight excluding hydrogens is 419 g/mol. The number of hydrogen-bond acceptors (Lipinski definition) is 4. The van der Waals surface area contributed by atoms with Crippen LogP contribution in [-0.2, 0) is 10.3 Å². The molecule has 0 radical (unpaired) electrons. The zero-order chi connectivity index (χ0) is 19.6. The maximum atomic E-state index is 13.1. The van der Waals surface area contributed by atoms with Crippen molar-refractivity contribution >= 4 is 27.9 Å². The highest BCUT2D eigenvalue weighted by atomic mass is 79.9. The second-order valence-corrected chi connectivity index (χ2v) is 7.32. The van der Waals surface area contributed by atoms with Crippen molar-refractivity contribution < 1.29 is 23.8 Å². The SMILES string of the molecule is C[C@]1(c2ccc(F)cc2)NC(=O)N(C[C@H](O)COc2cccc(Br)c2)C1=O. The van der Waals surface area contributed by atoms with Gasteiger partial charge in [0, 0.05) is 4.47 Å². The van der Waals surface area contributed by atoms with Crippen LogP contribution in [0, 0.1) is 5.82 Å². The second-order valence-electron chi connectivity index (χ2n) is 6.40. The first-order valence-electron chi connectivity index (χ1n) is 8.26. The number of ether oxygens (including phenoxy) is 1. The quantitative estimate of drug-likeness (QED) is 0.682. The number of benzene rings is 2. The van der Waals surface area contributed by atoms with Gasteiger partial charge in [-0.2, -0.15) is 0 Å². The van der Waals surface area contributed by atoms with Gasteiger partial charge in [0.1, 0.15) is 29.8 Å². The second kappa shape index (κ2) is 7.66. The summed E-state index contributed by atoms with van der Waals surface area (Å²) < 4.78 is 19.5. The lowest BCUT2D eigenvalue weighted by atomic mass is 9.92. The molecular formula is C19H18BrFN2O4. The number of hydrogen-bond donors (Lipinski definition) is 2. The number of carbonyl (C=O) groups is 2. The van der Waals surface area contributed by atoms with Gasteiger partial charge in [-0.05, 0) is 42.8 Å². The lowest BCUT2D eigenvalue weighted by Gasteiger charge is -2.23. The summed E-state index contributed by atoms with van der Waals surface area (Å²) in [4.78, 5) is 26.0. The van der Waals surface area contributed by atoms with E-state index in [1.54, 1.807) is 25.1 Å². The van der Waals surface area contributed by atoms with Crippen LogP contribution >= 0.6 is 15.9 Å². The number of imide groups is 1. The maximum absolute atomic E-state index is 13.1. The molecule has 1 fully saturated rings. The molecule has 27 heavy (non-hydrogen) atoms. The number of halogens is 2. The Morgan fingerprint density at radius 3 is 2.63 bits per heavy atom. The Kier molecular flexibility index (Phi) is 5.48. The lowest BCUT2D eigenvalue weighted by Crippen LogP contribution is -2.42. The number of rotatable bonds is 6. The summed E-state index contributed by atoms with van der Waals surface area (Å²) >= 11 is 3.32. The first kappa shape index (κ1) is 19.3. The molecule has 2 N–H and O–H groups in total. The normalized spacial score (nSPS) is 20.5. The van der Waals surface area contributed by atoms with Crippen LogP contribution in [0.15, 0.2) is 53.0 Å². The van der Waals surface area contributed by atoms with Crippen LogP contribution in [0.5, 0.6) is 5.75 Å². The first-order valence-corrected chi connectivity index (χ1v) is 9.05. The molecule has 3 rings (SSSR count). The van der Waals surface area contributed by atoms with Gasteiger partial charge in [0.25, 0.3) is 5.91 Å². The van der Waals surface area contributed by atoms with Crippen LogP contribution in [-0.4, -0.2) is 41.2 Å². The van der Waals surface area contributed by atoms with Crippen LogP contribution in [0.25, 0.3) is 0 Å². The molecule has 6 nitrogen and oxygen atoms in total. The molecule has 1 heterocycles. The van der Waals surface area contributed by atoms with Crippen LogP contribution in [0.1, 0.15) is 12.5 Å². The lowest BCUT2D eigenvalue weighted by molar-refractivity contribution is -0.132. The summed E-state index contributed by atoms with van der Waals surface area (Å²) in [5, 5.41) is 12.8. The van der Waals surface area contributed by atoms with Crippen molar-refractivity contribution in [3.63, 3.8) is 0 Å². The predicted octanol–water partition coefficient (Wildman–Crippen LogP) is 2.80. The van der Waals surface area contributed by atoms with E-state index in [4.69, 9.17) is 4.74 Å². The molecule has 2 aromatic rings. The van der Waals surface area contributed by atoms with Crippen LogP contribution in [0.3, 0.4) is 0 Å². The third-order valence-corrected chi connectivity index (χ3v) is 4.82. The average Bonchev–Trinajstić information content (AvgIpc) is 2.85. The molecule has 0 aromatic heterocycles. The molecule has 8 heteroatoms. The van der Waals surface area contributed by atoms with E-state index in [2.05, 4.69) is 21.2 Å². The molecule has 0 bridgehead atoms. The molecule has 2 aromatic carbocycles. The first-order chi connectivity index (χ1) is 12.8. The molecule has 1 aliphatic rings. The van der Waals surface area contributed by atoms with E-state index in [-0.39, 0.29) is 13.2 Å². The van der Waals surface area contributed by atoms with Gasteiger partial charge in [0.15, 0.2) is 0 Å². The number of aliphatic hydroxyl groups is 1. The number of aliphatic hydroxyl groups excluding tert-OH is 1. The van der Waals surface area contributed by atoms with Crippen molar-refractivity contribution in [2.75, 3.05) is 13.2 Å². The molecule has 1 aliphatic heterocycles. The summed E-state index contributed by atoms with van der Waals surface area (Å²) in [6, 6.07) is 11.8. The Hall–Kier alpha value is -2.45. The van der Waals surface area contributed by atoms with E-state index in [9.17, 15) is 19.1 Å². The van der Waals surface area contributed by atoms with Crippen LogP contribution in [0.2, 0.25) is 0 Å². The van der Waals surface area contributed by atoms with E-state index in [0.29, 0.717) is 11.3 Å². The Balaban J connectivity index is 1.65. The van der Waals surface area contributed by atoms with Crippen molar-refractivity contribution in [2.45, 2.75) is 18.6 Å². The molecule has 0 spiro atoms. The molecule has 0 aliphatic carbocycles. The van der Waals surface area contributed by atoms with E-state index < -0.39 is 29.4 Å². The van der Waals surface area contributed by atoms with Gasteiger partial charge in [0.05, 0.1) is 6.54 Å². The van der Waals surface area contributed by atoms with Gasteiger partial charge < -0.3 is 15.2 Å². The number of nitrogens with one attached hydrogen (secondary N) is 1. The fraction of sp³-hybridized carbons (Fsp3) is 0.263. The van der Waals surface area contributed by atoms with Crippen molar-refractivity contribution in [3.8, 4) is 5.75 Å². The van der Waals surface area contributed by atoms with Gasteiger partial charge in [-0.25, -0.2) is 9.18 Å². The predicted molar refractivity (Wildman–Crippen MR) is 99.6 cm³/mol. The monoisotopic (exact) mass is 436 g/mol. The third kappa shape index (κ3) is 4.12. The minimum absolute atomic E-state index is 0.0826. The van der Waals surface area contributed by atoms with Gasteiger partial charge in [0.2, 0.25) is 0 Å². The topological polar surface area (TPSA) is 78.9 Å². The van der Waals surface area contributed by atoms with E-state index >= 15 is 0 Å². The largest absolute Gasteiger partial charge is 0.491 e. The maximum Gasteiger partial charge on any atom is 0.325 e. The van der Waals surface area contributed by atoms with Gasteiger partial charge in [-0.15, -0.1) is 0 Å². The van der Waals surface area contributed by atoms with Crippen molar-refractivity contribution in [3.05, 3.63) is 64.4 Å². The molecule has 3 amide bonds. The average molecular weight is 437 g/mol. The van der Waals surface area contributed by atoms with Crippen molar-refractivity contribution in [1.82, 2.24) is 10.2 Å². The number of nitrogens with zero attached hydrogens (tertiary/aromatic N) is 1. The minimum Gasteiger partial charge on any atom is -0.491 e.